The SMILES string of the molecule is c1ccc(-c2ccc(-n3c4ccccc4c4c3ccc3c5ccccc5n(-c5cc6ccccc6cc5-c5ccccc5)c34)cc2)cc1.c1ccc(-c2ccc(-n3c4ccccc4c4ccc5c(c6ccccc6n5-c5ccc6c7ccccc7c7ccccc7c6c5)c43)cc2)cc1.c1ccc(-n2c3ccccc3c3c4c5ccccc5n(-c5ccccc5)c4ccc32)cc1. The van der Waals surface area contributed by atoms with E-state index in [4.69, 9.17) is 0 Å². The molecular formula is C124H80N6. The van der Waals surface area contributed by atoms with Crippen molar-refractivity contribution in [3.05, 3.63) is 485 Å². The molecule has 0 fully saturated rings. The van der Waals surface area contributed by atoms with E-state index < -0.39 is 0 Å². The van der Waals surface area contributed by atoms with Crippen molar-refractivity contribution in [2.24, 2.45) is 0 Å². The predicted octanol–water partition coefficient (Wildman–Crippen LogP) is 33.3. The summed E-state index contributed by atoms with van der Waals surface area (Å²) in [4.78, 5) is 0. The van der Waals surface area contributed by atoms with Gasteiger partial charge in [0.25, 0.3) is 0 Å². The third-order valence-electron chi connectivity index (χ3n) is 27.1. The Kier molecular flexibility index (Phi) is 17.2. The number of aromatic nitrogens is 6. The van der Waals surface area contributed by atoms with Gasteiger partial charge in [0.2, 0.25) is 0 Å². The van der Waals surface area contributed by atoms with Crippen molar-refractivity contribution in [1.29, 1.82) is 0 Å². The number of benzene rings is 22. The summed E-state index contributed by atoms with van der Waals surface area (Å²) in [7, 11) is 0. The zero-order valence-electron chi connectivity index (χ0n) is 70.9. The lowest BCUT2D eigenvalue weighted by atomic mass is 9.94. The highest BCUT2D eigenvalue weighted by molar-refractivity contribution is 6.32. The molecule has 606 valence electrons. The van der Waals surface area contributed by atoms with Crippen molar-refractivity contribution in [2.75, 3.05) is 0 Å². The van der Waals surface area contributed by atoms with Crippen molar-refractivity contribution in [3.8, 4) is 67.5 Å². The van der Waals surface area contributed by atoms with Crippen LogP contribution < -0.4 is 0 Å². The molecular weight excluding hydrogens is 1570 g/mol. The van der Waals surface area contributed by atoms with Gasteiger partial charge in [0.1, 0.15) is 0 Å². The average Bonchev–Trinajstić information content (AvgIpc) is 1.56. The van der Waals surface area contributed by atoms with Crippen LogP contribution in [0, 0.1) is 0 Å². The first-order valence-electron chi connectivity index (χ1n) is 44.8. The highest BCUT2D eigenvalue weighted by Crippen LogP contribution is 2.49. The summed E-state index contributed by atoms with van der Waals surface area (Å²) in [5, 5.41) is 25.4. The first kappa shape index (κ1) is 74.1. The summed E-state index contributed by atoms with van der Waals surface area (Å²) in [5.41, 5.74) is 29.0. The monoisotopic (exact) mass is 1650 g/mol. The maximum absolute atomic E-state index is 2.52. The minimum atomic E-state index is 1.15. The van der Waals surface area contributed by atoms with E-state index in [1.54, 1.807) is 0 Å². The number of para-hydroxylation sites is 8. The van der Waals surface area contributed by atoms with Crippen LogP contribution in [0.25, 0.3) is 241 Å². The Morgan fingerprint density at radius 3 is 0.815 bits per heavy atom. The summed E-state index contributed by atoms with van der Waals surface area (Å²) in [6, 6.07) is 176. The van der Waals surface area contributed by atoms with E-state index in [9.17, 15) is 0 Å². The van der Waals surface area contributed by atoms with E-state index in [1.807, 2.05) is 0 Å². The Hall–Kier alpha value is -17.3. The molecule has 6 nitrogen and oxygen atoms in total. The zero-order chi connectivity index (χ0) is 85.4. The third kappa shape index (κ3) is 11.7. The molecule has 22 aromatic carbocycles. The fourth-order valence-corrected chi connectivity index (χ4v) is 21.5. The Morgan fingerprint density at radius 2 is 0.385 bits per heavy atom. The van der Waals surface area contributed by atoms with Crippen LogP contribution in [-0.4, -0.2) is 27.4 Å². The fourth-order valence-electron chi connectivity index (χ4n) is 21.5. The normalized spacial score (nSPS) is 11.8. The van der Waals surface area contributed by atoms with Crippen LogP contribution in [0.1, 0.15) is 0 Å². The molecule has 0 aliphatic carbocycles. The molecule has 6 heterocycles. The van der Waals surface area contributed by atoms with Crippen LogP contribution in [0.5, 0.6) is 0 Å². The van der Waals surface area contributed by atoms with Gasteiger partial charge >= 0.3 is 0 Å². The van der Waals surface area contributed by atoms with Gasteiger partial charge in [0.05, 0.1) is 71.9 Å². The second-order valence-electron chi connectivity index (χ2n) is 34.1. The van der Waals surface area contributed by atoms with Crippen LogP contribution >= 0.6 is 0 Å². The van der Waals surface area contributed by atoms with Gasteiger partial charge in [-0.3, -0.25) is 0 Å². The summed E-state index contributed by atoms with van der Waals surface area (Å²) in [6.07, 6.45) is 0. The number of hydrogen-bond donors (Lipinski definition) is 0. The van der Waals surface area contributed by atoms with E-state index in [2.05, 4.69) is 513 Å². The maximum Gasteiger partial charge on any atom is 0.0641 e. The molecule has 0 amide bonds. The van der Waals surface area contributed by atoms with E-state index in [1.165, 1.54) is 230 Å². The summed E-state index contributed by atoms with van der Waals surface area (Å²) in [6.45, 7) is 0. The second kappa shape index (κ2) is 30.2. The molecule has 6 aromatic heterocycles. The quantitative estimate of drug-likeness (QED) is 0.129. The van der Waals surface area contributed by atoms with E-state index in [0.717, 1.165) is 11.4 Å². The van der Waals surface area contributed by atoms with E-state index in [-0.39, 0.29) is 0 Å². The van der Waals surface area contributed by atoms with Crippen LogP contribution in [0.15, 0.2) is 485 Å². The molecule has 0 aliphatic rings. The van der Waals surface area contributed by atoms with Gasteiger partial charge in [-0.2, -0.15) is 0 Å². The zero-order valence-corrected chi connectivity index (χ0v) is 70.9. The van der Waals surface area contributed by atoms with Crippen LogP contribution in [-0.2, 0) is 0 Å². The van der Waals surface area contributed by atoms with Crippen molar-refractivity contribution in [1.82, 2.24) is 27.4 Å². The number of nitrogens with zero attached hydrogens (tertiary/aromatic N) is 6. The Labute approximate surface area is 748 Å². The Morgan fingerprint density at radius 1 is 0.123 bits per heavy atom. The second-order valence-corrected chi connectivity index (χ2v) is 34.1. The molecule has 6 heteroatoms. The predicted molar refractivity (Wildman–Crippen MR) is 552 cm³/mol. The van der Waals surface area contributed by atoms with Crippen molar-refractivity contribution in [3.63, 3.8) is 0 Å². The molecule has 0 radical (unpaired) electrons. The summed E-state index contributed by atoms with van der Waals surface area (Å²) in [5.74, 6) is 0. The molecule has 0 N–H and O–H groups in total. The van der Waals surface area contributed by atoms with Gasteiger partial charge in [0.15, 0.2) is 0 Å². The number of rotatable bonds is 9. The third-order valence-corrected chi connectivity index (χ3v) is 27.1. The van der Waals surface area contributed by atoms with Gasteiger partial charge in [0, 0.05) is 98.6 Å². The molecule has 0 aliphatic heterocycles. The Bertz CT molecular complexity index is 9210. The largest absolute Gasteiger partial charge is 0.309 e. The molecule has 0 saturated heterocycles. The fraction of sp³-hybridized carbons (Fsp3) is 0. The smallest absolute Gasteiger partial charge is 0.0641 e. The molecule has 130 heavy (non-hydrogen) atoms. The van der Waals surface area contributed by atoms with Gasteiger partial charge in [-0.15, -0.1) is 0 Å². The maximum atomic E-state index is 2.52. The van der Waals surface area contributed by atoms with Crippen LogP contribution in [0.4, 0.5) is 0 Å². The average molecular weight is 1650 g/mol. The molecule has 0 spiro atoms. The van der Waals surface area contributed by atoms with Gasteiger partial charge < -0.3 is 27.4 Å². The van der Waals surface area contributed by atoms with Gasteiger partial charge in [-0.05, 0) is 204 Å². The highest BCUT2D eigenvalue weighted by Gasteiger charge is 2.27. The van der Waals surface area contributed by atoms with Crippen molar-refractivity contribution < 1.29 is 0 Å². The summed E-state index contributed by atoms with van der Waals surface area (Å²) < 4.78 is 14.7. The highest BCUT2D eigenvalue weighted by atomic mass is 15.0. The molecule has 0 unspecified atom stereocenters. The Balaban J connectivity index is 0.000000105. The molecule has 0 atom stereocenters. The lowest BCUT2D eigenvalue weighted by Gasteiger charge is -2.16. The lowest BCUT2D eigenvalue weighted by molar-refractivity contribution is 1.17. The van der Waals surface area contributed by atoms with Gasteiger partial charge in [-0.1, -0.05) is 352 Å². The summed E-state index contributed by atoms with van der Waals surface area (Å²) >= 11 is 0. The number of fused-ring (bicyclic) bond motifs is 28. The lowest BCUT2D eigenvalue weighted by Crippen LogP contribution is -1.98. The van der Waals surface area contributed by atoms with Crippen LogP contribution in [0.2, 0.25) is 0 Å². The van der Waals surface area contributed by atoms with E-state index in [0.29, 0.717) is 0 Å². The molecule has 0 bridgehead atoms. The van der Waals surface area contributed by atoms with E-state index >= 15 is 0 Å². The minimum Gasteiger partial charge on any atom is -0.309 e. The molecule has 0 saturated carbocycles. The topological polar surface area (TPSA) is 29.6 Å². The minimum absolute atomic E-state index is 1.15. The van der Waals surface area contributed by atoms with Crippen molar-refractivity contribution in [2.45, 2.75) is 0 Å². The standard InChI is InChI=1S/C48H30N2.C46H30N2.C30H20N2/c1-2-12-31(13-3-1)32-22-24-33(25-23-32)50-44-20-10-8-18-40(44)41-28-29-46-47(48(41)50)42-19-9-11-21-45(42)49(46)34-26-27-39-37-16-5-4-14-35(37)36-15-6-7-17-38(36)43(39)30-34;1-3-13-31(14-4-1)32-23-25-36(26-24-32)47-42-22-12-10-20-39(42)45-43(47)28-27-38-37-19-9-11-21-41(37)48(46(38)45)44-30-35-18-8-7-17-34(35)29-40(44)33-15-5-2-6-16-33;1-3-11-21(12-4-1)31-25-17-9-7-15-23(25)29-27(31)19-20-28-30(29)24-16-8-10-18-26(24)32(28)22-13-5-2-6-14-22/h1-30H;1-30H;1-20H. The van der Waals surface area contributed by atoms with Crippen molar-refractivity contribution >= 4 is 174 Å². The molecule has 28 rings (SSSR count). The first-order chi connectivity index (χ1) is 64.6. The van der Waals surface area contributed by atoms with Gasteiger partial charge in [-0.25, -0.2) is 0 Å². The van der Waals surface area contributed by atoms with Crippen LogP contribution in [0.3, 0.4) is 0 Å². The molecule has 28 aromatic rings. The number of hydrogen-bond acceptors (Lipinski definition) is 0. The first-order valence-corrected chi connectivity index (χ1v) is 44.8.